The second-order valence-corrected chi connectivity index (χ2v) is 5.94. The summed E-state index contributed by atoms with van der Waals surface area (Å²) < 4.78 is 13.2. The van der Waals surface area contributed by atoms with Crippen molar-refractivity contribution in [1.82, 2.24) is 9.97 Å². The number of aromatic nitrogens is 2. The number of rotatable bonds is 3. The first-order valence-corrected chi connectivity index (χ1v) is 7.16. The summed E-state index contributed by atoms with van der Waals surface area (Å²) in [6, 6.07) is 6.59. The van der Waals surface area contributed by atoms with Crippen molar-refractivity contribution >= 4 is 39.0 Å². The highest BCUT2D eigenvalue weighted by atomic mass is 32.1. The predicted octanol–water partition coefficient (Wildman–Crippen LogP) is 3.48. The minimum atomic E-state index is -0.262. The van der Waals surface area contributed by atoms with Crippen LogP contribution in [-0.2, 0) is 0 Å². The van der Waals surface area contributed by atoms with Crippen LogP contribution in [0.4, 0.5) is 21.8 Å². The molecule has 7 heteroatoms. The number of thiophene rings is 1. The summed E-state index contributed by atoms with van der Waals surface area (Å²) in [6.45, 7) is 3.85. The van der Waals surface area contributed by atoms with Gasteiger partial charge in [0.05, 0.1) is 5.39 Å². The van der Waals surface area contributed by atoms with Gasteiger partial charge < -0.3 is 5.32 Å². The monoisotopic (exact) mass is 303 g/mol. The SMILES string of the molecule is Cc1cc2c(Nc3ccc(F)cc3C)nc(NN)nc2s1. The van der Waals surface area contributed by atoms with Crippen molar-refractivity contribution < 1.29 is 4.39 Å². The number of nitrogen functional groups attached to an aromatic ring is 1. The van der Waals surface area contributed by atoms with Gasteiger partial charge in [-0.15, -0.1) is 11.3 Å². The molecule has 0 bridgehead atoms. The first kappa shape index (κ1) is 13.7. The third-order valence-electron chi connectivity index (χ3n) is 3.09. The van der Waals surface area contributed by atoms with Gasteiger partial charge in [0.25, 0.3) is 0 Å². The van der Waals surface area contributed by atoms with Crippen molar-refractivity contribution in [2.75, 3.05) is 10.7 Å². The molecule has 0 aliphatic rings. The molecule has 4 N–H and O–H groups in total. The molecule has 5 nitrogen and oxygen atoms in total. The summed E-state index contributed by atoms with van der Waals surface area (Å²) in [4.78, 5) is 10.6. The van der Waals surface area contributed by atoms with Crippen LogP contribution in [-0.4, -0.2) is 9.97 Å². The number of nitrogens with zero attached hydrogens (tertiary/aromatic N) is 2. The van der Waals surface area contributed by atoms with Gasteiger partial charge in [0.2, 0.25) is 5.95 Å². The van der Waals surface area contributed by atoms with E-state index in [1.165, 1.54) is 12.1 Å². The topological polar surface area (TPSA) is 75.9 Å². The molecule has 3 aromatic rings. The van der Waals surface area contributed by atoms with E-state index >= 15 is 0 Å². The van der Waals surface area contributed by atoms with Crippen LogP contribution in [0.2, 0.25) is 0 Å². The normalized spacial score (nSPS) is 10.9. The first-order chi connectivity index (χ1) is 10.1. The van der Waals surface area contributed by atoms with E-state index in [2.05, 4.69) is 20.7 Å². The minimum Gasteiger partial charge on any atom is -0.339 e. The lowest BCUT2D eigenvalue weighted by atomic mass is 10.2. The number of halogens is 1. The number of aryl methyl sites for hydroxylation is 2. The van der Waals surface area contributed by atoms with Gasteiger partial charge in [-0.3, -0.25) is 5.43 Å². The maximum atomic E-state index is 13.2. The molecule has 2 heterocycles. The second kappa shape index (κ2) is 5.27. The summed E-state index contributed by atoms with van der Waals surface area (Å²) >= 11 is 1.57. The van der Waals surface area contributed by atoms with Crippen LogP contribution < -0.4 is 16.6 Å². The van der Waals surface area contributed by atoms with Crippen LogP contribution in [0.1, 0.15) is 10.4 Å². The van der Waals surface area contributed by atoms with E-state index in [0.29, 0.717) is 11.8 Å². The van der Waals surface area contributed by atoms with E-state index in [4.69, 9.17) is 5.84 Å². The lowest BCUT2D eigenvalue weighted by molar-refractivity contribution is 0.627. The Morgan fingerprint density at radius 1 is 1.19 bits per heavy atom. The molecule has 0 aliphatic carbocycles. The Bertz CT molecular complexity index is 814. The summed E-state index contributed by atoms with van der Waals surface area (Å²) in [5.74, 6) is 6.13. The van der Waals surface area contributed by atoms with Crippen LogP contribution in [0.5, 0.6) is 0 Å². The highest BCUT2D eigenvalue weighted by Crippen LogP contribution is 2.31. The van der Waals surface area contributed by atoms with E-state index in [1.54, 1.807) is 17.4 Å². The lowest BCUT2D eigenvalue weighted by Crippen LogP contribution is -2.11. The molecule has 0 radical (unpaired) electrons. The third-order valence-corrected chi connectivity index (χ3v) is 4.03. The summed E-state index contributed by atoms with van der Waals surface area (Å²) in [5.41, 5.74) is 4.06. The molecule has 0 fully saturated rings. The molecule has 1 aromatic carbocycles. The third kappa shape index (κ3) is 2.65. The van der Waals surface area contributed by atoms with Gasteiger partial charge in [-0.2, -0.15) is 4.98 Å². The Balaban J connectivity index is 2.10. The molecule has 3 rings (SSSR count). The van der Waals surface area contributed by atoms with Gasteiger partial charge in [-0.05, 0) is 43.7 Å². The van der Waals surface area contributed by atoms with Crippen LogP contribution in [0, 0.1) is 19.7 Å². The zero-order chi connectivity index (χ0) is 15.0. The fraction of sp³-hybridized carbons (Fsp3) is 0.143. The van der Waals surface area contributed by atoms with Crippen LogP contribution >= 0.6 is 11.3 Å². The number of nitrogens with one attached hydrogen (secondary N) is 2. The van der Waals surface area contributed by atoms with Crippen molar-refractivity contribution in [3.05, 3.63) is 40.5 Å². The molecule has 0 amide bonds. The highest BCUT2D eigenvalue weighted by molar-refractivity contribution is 7.18. The Morgan fingerprint density at radius 3 is 2.71 bits per heavy atom. The molecule has 0 spiro atoms. The second-order valence-electron chi connectivity index (χ2n) is 4.70. The van der Waals surface area contributed by atoms with E-state index in [0.717, 1.165) is 26.3 Å². The zero-order valence-corrected chi connectivity index (χ0v) is 12.4. The molecule has 0 saturated heterocycles. The van der Waals surface area contributed by atoms with Crippen molar-refractivity contribution in [3.63, 3.8) is 0 Å². The summed E-state index contributed by atoms with van der Waals surface area (Å²) in [6.07, 6.45) is 0. The van der Waals surface area contributed by atoms with Gasteiger partial charge in [0.15, 0.2) is 0 Å². The van der Waals surface area contributed by atoms with E-state index in [9.17, 15) is 4.39 Å². The average Bonchev–Trinajstić information content (AvgIpc) is 2.82. The van der Waals surface area contributed by atoms with Crippen molar-refractivity contribution in [3.8, 4) is 0 Å². The number of nitrogens with two attached hydrogens (primary N) is 1. The van der Waals surface area contributed by atoms with E-state index in [-0.39, 0.29) is 5.82 Å². The number of benzene rings is 1. The number of fused-ring (bicyclic) bond motifs is 1. The Labute approximate surface area is 125 Å². The van der Waals surface area contributed by atoms with E-state index in [1.807, 2.05) is 19.9 Å². The van der Waals surface area contributed by atoms with Gasteiger partial charge in [0, 0.05) is 10.6 Å². The molecule has 0 aliphatic heterocycles. The van der Waals surface area contributed by atoms with Gasteiger partial charge >= 0.3 is 0 Å². The Morgan fingerprint density at radius 2 is 2.00 bits per heavy atom. The molecule has 108 valence electrons. The number of hydrogen-bond donors (Lipinski definition) is 3. The molecule has 21 heavy (non-hydrogen) atoms. The number of anilines is 3. The molecular weight excluding hydrogens is 289 g/mol. The number of hydrazine groups is 1. The number of hydrogen-bond acceptors (Lipinski definition) is 6. The Kier molecular flexibility index (Phi) is 3.44. The van der Waals surface area contributed by atoms with Crippen LogP contribution in [0.15, 0.2) is 24.3 Å². The minimum absolute atomic E-state index is 0.262. The van der Waals surface area contributed by atoms with Gasteiger partial charge in [0.1, 0.15) is 16.5 Å². The fourth-order valence-electron chi connectivity index (χ4n) is 2.10. The maximum absolute atomic E-state index is 13.2. The highest BCUT2D eigenvalue weighted by Gasteiger charge is 2.11. The fourth-order valence-corrected chi connectivity index (χ4v) is 2.98. The van der Waals surface area contributed by atoms with Crippen molar-refractivity contribution in [1.29, 1.82) is 0 Å². The van der Waals surface area contributed by atoms with Gasteiger partial charge in [-0.25, -0.2) is 15.2 Å². The van der Waals surface area contributed by atoms with Crippen LogP contribution in [0.25, 0.3) is 10.2 Å². The predicted molar refractivity (Wildman–Crippen MR) is 84.4 cm³/mol. The smallest absolute Gasteiger partial charge is 0.240 e. The Hall–Kier alpha value is -2.25. The standard InChI is InChI=1S/C14H14FN5S/c1-7-5-9(15)3-4-11(7)17-12-10-6-8(2)21-13(10)19-14(18-12)20-16/h3-6H,16H2,1-2H3,(H2,17,18,19,20). The molecule has 0 atom stereocenters. The molecular formula is C14H14FN5S. The molecule has 0 unspecified atom stereocenters. The summed E-state index contributed by atoms with van der Waals surface area (Å²) in [7, 11) is 0. The van der Waals surface area contributed by atoms with E-state index < -0.39 is 0 Å². The maximum Gasteiger partial charge on any atom is 0.240 e. The first-order valence-electron chi connectivity index (χ1n) is 6.35. The van der Waals surface area contributed by atoms with Crippen molar-refractivity contribution in [2.24, 2.45) is 5.84 Å². The largest absolute Gasteiger partial charge is 0.339 e. The zero-order valence-electron chi connectivity index (χ0n) is 11.6. The average molecular weight is 303 g/mol. The van der Waals surface area contributed by atoms with Crippen LogP contribution in [0.3, 0.4) is 0 Å². The molecule has 2 aromatic heterocycles. The summed E-state index contributed by atoms with van der Waals surface area (Å²) in [5, 5.41) is 4.14. The van der Waals surface area contributed by atoms with Gasteiger partial charge in [-0.1, -0.05) is 0 Å². The quantitative estimate of drug-likeness (QED) is 0.510. The van der Waals surface area contributed by atoms with Crippen molar-refractivity contribution in [2.45, 2.75) is 13.8 Å². The molecule has 0 saturated carbocycles. The lowest BCUT2D eigenvalue weighted by Gasteiger charge is -2.10.